The molecule has 16 heavy (non-hydrogen) atoms. The van der Waals surface area contributed by atoms with Gasteiger partial charge in [0.05, 0.1) is 12.7 Å². The van der Waals surface area contributed by atoms with Gasteiger partial charge in [-0.2, -0.15) is 18.9 Å². The first-order valence-electron chi connectivity index (χ1n) is 4.49. The van der Waals surface area contributed by atoms with E-state index in [1.54, 1.807) is 24.2 Å². The molecule has 0 aromatic carbocycles. The Labute approximate surface area is 122 Å². The Morgan fingerprint density at radius 1 is 1.38 bits per heavy atom. The van der Waals surface area contributed by atoms with E-state index >= 15 is 0 Å². The summed E-state index contributed by atoms with van der Waals surface area (Å²) in [6, 6.07) is 3.89. The van der Waals surface area contributed by atoms with E-state index < -0.39 is 6.10 Å². The Bertz CT molecular complexity index is 239. The van der Waals surface area contributed by atoms with E-state index in [4.69, 9.17) is 15.3 Å². The number of pyridine rings is 1. The van der Waals surface area contributed by atoms with Crippen LogP contribution in [0.15, 0.2) is 24.5 Å². The summed E-state index contributed by atoms with van der Waals surface area (Å²) in [6.45, 7) is -0.163. The van der Waals surface area contributed by atoms with Gasteiger partial charge in [0, 0.05) is 23.9 Å². The summed E-state index contributed by atoms with van der Waals surface area (Å²) < 4.78 is 0. The Morgan fingerprint density at radius 2 is 1.94 bits per heavy atom. The summed E-state index contributed by atoms with van der Waals surface area (Å²) in [7, 11) is 0.750. The average molecular weight is 253 g/mol. The molecular formula is C10H16NNaO3S. The first kappa shape index (κ1) is 18.7. The summed E-state index contributed by atoms with van der Waals surface area (Å²) >= 11 is 1.60. The summed E-state index contributed by atoms with van der Waals surface area (Å²) in [4.78, 5) is 3.91. The molecule has 1 aromatic rings. The van der Waals surface area contributed by atoms with Crippen LogP contribution in [0.25, 0.3) is 0 Å². The zero-order valence-corrected chi connectivity index (χ0v) is 12.5. The van der Waals surface area contributed by atoms with E-state index in [2.05, 4.69) is 4.98 Å². The maximum Gasteiger partial charge on any atom is 1.00 e. The SMILES string of the molecule is C[O-].OCC(O)CSCc1ccncc1.[Na+]. The molecule has 1 heterocycles. The van der Waals surface area contributed by atoms with Crippen LogP contribution in [0.1, 0.15) is 5.56 Å². The van der Waals surface area contributed by atoms with Gasteiger partial charge < -0.3 is 15.3 Å². The summed E-state index contributed by atoms with van der Waals surface area (Å²) in [5, 5.41) is 25.9. The average Bonchev–Trinajstić information content (AvgIpc) is 2.33. The molecule has 0 bridgehead atoms. The minimum atomic E-state index is -0.605. The van der Waals surface area contributed by atoms with Crippen LogP contribution < -0.4 is 34.7 Å². The van der Waals surface area contributed by atoms with Crippen molar-refractivity contribution in [1.29, 1.82) is 0 Å². The van der Waals surface area contributed by atoms with Crippen molar-refractivity contribution in [2.45, 2.75) is 11.9 Å². The fourth-order valence-electron chi connectivity index (χ4n) is 0.845. The summed E-state index contributed by atoms with van der Waals surface area (Å²) in [6.07, 6.45) is 2.89. The van der Waals surface area contributed by atoms with E-state index in [0.717, 1.165) is 12.9 Å². The van der Waals surface area contributed by atoms with Crippen molar-refractivity contribution in [1.82, 2.24) is 4.98 Å². The molecule has 0 amide bonds. The number of rotatable bonds is 5. The number of aliphatic hydroxyl groups excluding tert-OH is 2. The molecule has 0 radical (unpaired) electrons. The van der Waals surface area contributed by atoms with Crippen LogP contribution in [0.2, 0.25) is 0 Å². The van der Waals surface area contributed by atoms with Crippen molar-refractivity contribution in [2.75, 3.05) is 19.5 Å². The second-order valence-corrected chi connectivity index (χ2v) is 3.74. The van der Waals surface area contributed by atoms with Gasteiger partial charge in [-0.3, -0.25) is 4.98 Å². The standard InChI is InChI=1S/C9H13NO2S.CH3O.Na/c11-5-9(12)7-13-6-8-1-3-10-4-2-8;1-2;/h1-4,9,11-12H,5-7H2;1H3;/q;-1;+1. The molecule has 1 aromatic heterocycles. The molecule has 86 valence electrons. The van der Waals surface area contributed by atoms with Crippen LogP contribution in [0.3, 0.4) is 0 Å². The predicted octanol–water partition coefficient (Wildman–Crippen LogP) is -3.35. The van der Waals surface area contributed by atoms with Gasteiger partial charge >= 0.3 is 29.6 Å². The zero-order valence-electron chi connectivity index (χ0n) is 9.67. The molecule has 0 aliphatic rings. The summed E-state index contributed by atoms with van der Waals surface area (Å²) in [5.74, 6) is 1.42. The molecule has 1 unspecified atom stereocenters. The molecule has 0 saturated carbocycles. The third-order valence-corrected chi connectivity index (χ3v) is 2.70. The molecule has 6 heteroatoms. The molecular weight excluding hydrogens is 237 g/mol. The van der Waals surface area contributed by atoms with Gasteiger partial charge in [0.25, 0.3) is 0 Å². The van der Waals surface area contributed by atoms with E-state index in [-0.39, 0.29) is 36.2 Å². The van der Waals surface area contributed by atoms with Crippen LogP contribution in [-0.4, -0.2) is 40.8 Å². The van der Waals surface area contributed by atoms with Crippen molar-refractivity contribution in [3.8, 4) is 0 Å². The number of hydrogen-bond donors (Lipinski definition) is 2. The minimum absolute atomic E-state index is 0. The fraction of sp³-hybridized carbons (Fsp3) is 0.500. The first-order chi connectivity index (χ1) is 7.33. The third-order valence-electron chi connectivity index (χ3n) is 1.54. The topological polar surface area (TPSA) is 76.4 Å². The van der Waals surface area contributed by atoms with E-state index in [0.29, 0.717) is 5.75 Å². The zero-order chi connectivity index (χ0) is 11.5. The van der Waals surface area contributed by atoms with Crippen LogP contribution in [0.4, 0.5) is 0 Å². The number of nitrogens with zero attached hydrogens (tertiary/aromatic N) is 1. The molecule has 0 spiro atoms. The second-order valence-electron chi connectivity index (χ2n) is 2.71. The second kappa shape index (κ2) is 13.4. The van der Waals surface area contributed by atoms with Crippen LogP contribution in [0, 0.1) is 0 Å². The fourth-order valence-corrected chi connectivity index (χ4v) is 1.77. The van der Waals surface area contributed by atoms with Crippen molar-refractivity contribution < 1.29 is 44.9 Å². The Kier molecular flexibility index (Phi) is 15.7. The predicted molar refractivity (Wildman–Crippen MR) is 59.4 cm³/mol. The Hall–Kier alpha value is 0.380. The molecule has 4 nitrogen and oxygen atoms in total. The van der Waals surface area contributed by atoms with Crippen molar-refractivity contribution in [3.63, 3.8) is 0 Å². The van der Waals surface area contributed by atoms with Crippen LogP contribution in [0.5, 0.6) is 0 Å². The molecule has 0 aliphatic heterocycles. The van der Waals surface area contributed by atoms with E-state index in [9.17, 15) is 0 Å². The van der Waals surface area contributed by atoms with Gasteiger partial charge in [0.15, 0.2) is 0 Å². The third kappa shape index (κ3) is 9.59. The van der Waals surface area contributed by atoms with Crippen LogP contribution in [-0.2, 0) is 5.75 Å². The van der Waals surface area contributed by atoms with Gasteiger partial charge in [-0.1, -0.05) is 0 Å². The van der Waals surface area contributed by atoms with Gasteiger partial charge in [-0.15, -0.1) is 0 Å². The monoisotopic (exact) mass is 253 g/mol. The normalized spacial score (nSPS) is 10.8. The van der Waals surface area contributed by atoms with Crippen molar-refractivity contribution in [2.24, 2.45) is 0 Å². The molecule has 0 saturated heterocycles. The van der Waals surface area contributed by atoms with Gasteiger partial charge in [0.1, 0.15) is 0 Å². The van der Waals surface area contributed by atoms with Gasteiger partial charge in [0.2, 0.25) is 0 Å². The van der Waals surface area contributed by atoms with E-state index in [1.165, 1.54) is 5.56 Å². The minimum Gasteiger partial charge on any atom is -0.857 e. The first-order valence-corrected chi connectivity index (χ1v) is 5.65. The quantitative estimate of drug-likeness (QED) is 0.536. The van der Waals surface area contributed by atoms with Gasteiger partial charge in [-0.05, 0) is 17.7 Å². The molecule has 1 rings (SSSR count). The maximum absolute atomic E-state index is 9.05. The Morgan fingerprint density at radius 3 is 2.44 bits per heavy atom. The maximum atomic E-state index is 9.05. The number of aliphatic hydroxyl groups is 2. The Balaban J connectivity index is 0. The summed E-state index contributed by atoms with van der Waals surface area (Å²) in [5.41, 5.74) is 1.19. The smallest absolute Gasteiger partial charge is 0.857 e. The number of aromatic nitrogens is 1. The van der Waals surface area contributed by atoms with E-state index in [1.807, 2.05) is 12.1 Å². The number of thioether (sulfide) groups is 1. The number of hydrogen-bond acceptors (Lipinski definition) is 5. The van der Waals surface area contributed by atoms with Crippen molar-refractivity contribution >= 4 is 11.8 Å². The van der Waals surface area contributed by atoms with Crippen LogP contribution >= 0.6 is 11.8 Å². The van der Waals surface area contributed by atoms with Crippen molar-refractivity contribution in [3.05, 3.63) is 30.1 Å². The van der Waals surface area contributed by atoms with Gasteiger partial charge in [-0.25, -0.2) is 0 Å². The molecule has 1 atom stereocenters. The molecule has 2 N–H and O–H groups in total. The molecule has 0 aliphatic carbocycles. The molecule has 0 fully saturated rings. The largest absolute Gasteiger partial charge is 1.00 e.